The van der Waals surface area contributed by atoms with E-state index in [2.05, 4.69) is 27.2 Å². The third kappa shape index (κ3) is 8.08. The van der Waals surface area contributed by atoms with E-state index in [9.17, 15) is 4.79 Å². The van der Waals surface area contributed by atoms with Crippen LogP contribution < -0.4 is 19.7 Å². The summed E-state index contributed by atoms with van der Waals surface area (Å²) in [6.45, 7) is 5.79. The van der Waals surface area contributed by atoms with Crippen molar-refractivity contribution in [2.24, 2.45) is 0 Å². The predicted molar refractivity (Wildman–Crippen MR) is 149 cm³/mol. The van der Waals surface area contributed by atoms with Crippen molar-refractivity contribution in [1.29, 1.82) is 0 Å². The molecule has 1 saturated heterocycles. The molecule has 0 bridgehead atoms. The molecule has 10 nitrogen and oxygen atoms in total. The Bertz CT molecular complexity index is 1260. The van der Waals surface area contributed by atoms with Gasteiger partial charge in [0.2, 0.25) is 0 Å². The fraction of sp³-hybridized carbons (Fsp3) is 0.345. The monoisotopic (exact) mass is 537 g/mol. The summed E-state index contributed by atoms with van der Waals surface area (Å²) in [7, 11) is 3.34. The number of carboxylic acids is 2. The second kappa shape index (κ2) is 14.6. The summed E-state index contributed by atoms with van der Waals surface area (Å²) in [5.41, 5.74) is 1.76. The highest BCUT2D eigenvalue weighted by atomic mass is 16.5. The van der Waals surface area contributed by atoms with Crippen LogP contribution in [0.3, 0.4) is 0 Å². The van der Waals surface area contributed by atoms with E-state index >= 15 is 0 Å². The summed E-state index contributed by atoms with van der Waals surface area (Å²) in [6, 6.07) is 20.0. The van der Waals surface area contributed by atoms with Gasteiger partial charge in [-0.25, -0.2) is 9.59 Å². The summed E-state index contributed by atoms with van der Waals surface area (Å²) >= 11 is 0. The SMILES string of the molecule is COc1ccccc1N1CCN(CCCCNC(=O)c2ccc3ccccc3c2OC)CC1.O=C(O)C(=O)O. The first-order valence-corrected chi connectivity index (χ1v) is 12.8. The summed E-state index contributed by atoms with van der Waals surface area (Å²) in [4.78, 5) is 35.8. The largest absolute Gasteiger partial charge is 0.495 e. The highest BCUT2D eigenvalue weighted by molar-refractivity contribution is 6.27. The third-order valence-corrected chi connectivity index (χ3v) is 6.50. The third-order valence-electron chi connectivity index (χ3n) is 6.50. The Balaban J connectivity index is 0.000000631. The quantitative estimate of drug-likeness (QED) is 0.278. The van der Waals surface area contributed by atoms with Crippen molar-refractivity contribution in [3.63, 3.8) is 0 Å². The fourth-order valence-corrected chi connectivity index (χ4v) is 4.50. The molecule has 0 aliphatic carbocycles. The predicted octanol–water partition coefficient (Wildman–Crippen LogP) is 3.34. The van der Waals surface area contributed by atoms with E-state index in [1.807, 2.05) is 48.5 Å². The van der Waals surface area contributed by atoms with Gasteiger partial charge in [0.05, 0.1) is 25.5 Å². The molecule has 1 aliphatic rings. The molecule has 0 radical (unpaired) electrons. The molecular formula is C29H35N3O7. The van der Waals surface area contributed by atoms with Crippen LogP contribution in [0.2, 0.25) is 0 Å². The minimum Gasteiger partial charge on any atom is -0.495 e. The van der Waals surface area contributed by atoms with Crippen LogP contribution in [-0.4, -0.2) is 86.4 Å². The maximum absolute atomic E-state index is 12.7. The zero-order valence-corrected chi connectivity index (χ0v) is 22.3. The van der Waals surface area contributed by atoms with E-state index in [0.29, 0.717) is 17.9 Å². The lowest BCUT2D eigenvalue weighted by molar-refractivity contribution is -0.159. The number of hydrogen-bond donors (Lipinski definition) is 3. The zero-order chi connectivity index (χ0) is 28.2. The van der Waals surface area contributed by atoms with E-state index in [0.717, 1.165) is 62.1 Å². The van der Waals surface area contributed by atoms with E-state index < -0.39 is 11.9 Å². The molecule has 0 spiro atoms. The van der Waals surface area contributed by atoms with Crippen LogP contribution in [0.1, 0.15) is 23.2 Å². The second-order valence-corrected chi connectivity index (χ2v) is 8.94. The number of amides is 1. The number of piperazine rings is 1. The lowest BCUT2D eigenvalue weighted by Crippen LogP contribution is -2.46. The van der Waals surface area contributed by atoms with Crippen LogP contribution in [0, 0.1) is 0 Å². The molecule has 0 aromatic heterocycles. The summed E-state index contributed by atoms with van der Waals surface area (Å²) in [5, 5.41) is 19.9. The van der Waals surface area contributed by atoms with Gasteiger partial charge >= 0.3 is 11.9 Å². The first-order valence-electron chi connectivity index (χ1n) is 12.8. The Labute approximate surface area is 227 Å². The van der Waals surface area contributed by atoms with E-state index in [1.54, 1.807) is 14.2 Å². The molecule has 1 fully saturated rings. The highest BCUT2D eigenvalue weighted by Crippen LogP contribution is 2.30. The first-order chi connectivity index (χ1) is 18.8. The minimum atomic E-state index is -1.82. The van der Waals surface area contributed by atoms with Crippen molar-refractivity contribution in [2.45, 2.75) is 12.8 Å². The van der Waals surface area contributed by atoms with Crippen molar-refractivity contribution in [1.82, 2.24) is 10.2 Å². The summed E-state index contributed by atoms with van der Waals surface area (Å²) in [6.07, 6.45) is 2.01. The van der Waals surface area contributed by atoms with Gasteiger partial charge in [-0.15, -0.1) is 0 Å². The molecule has 1 amide bonds. The lowest BCUT2D eigenvalue weighted by Gasteiger charge is -2.36. The Hall–Kier alpha value is -4.31. The first kappa shape index (κ1) is 29.2. The molecular weight excluding hydrogens is 502 g/mol. The Kier molecular flexibility index (Phi) is 10.9. The molecule has 3 N–H and O–H groups in total. The van der Waals surface area contributed by atoms with Crippen LogP contribution in [-0.2, 0) is 9.59 Å². The van der Waals surface area contributed by atoms with Crippen LogP contribution in [0.5, 0.6) is 11.5 Å². The van der Waals surface area contributed by atoms with Gasteiger partial charge in [0.15, 0.2) is 0 Å². The number of ether oxygens (including phenoxy) is 2. The molecule has 4 rings (SSSR count). The number of fused-ring (bicyclic) bond motifs is 1. The van der Waals surface area contributed by atoms with Gasteiger partial charge in [0.1, 0.15) is 11.5 Å². The van der Waals surface area contributed by atoms with E-state index in [-0.39, 0.29) is 5.91 Å². The lowest BCUT2D eigenvalue weighted by atomic mass is 10.0. The van der Waals surface area contributed by atoms with Gasteiger partial charge in [0, 0.05) is 38.1 Å². The smallest absolute Gasteiger partial charge is 0.414 e. The van der Waals surface area contributed by atoms with Crippen molar-refractivity contribution >= 4 is 34.3 Å². The van der Waals surface area contributed by atoms with Crippen LogP contribution in [0.15, 0.2) is 60.7 Å². The van der Waals surface area contributed by atoms with E-state index in [4.69, 9.17) is 29.3 Å². The number of nitrogens with zero attached hydrogens (tertiary/aromatic N) is 2. The number of hydrogen-bond acceptors (Lipinski definition) is 7. The van der Waals surface area contributed by atoms with Gasteiger partial charge in [0.25, 0.3) is 5.91 Å². The normalized spacial score (nSPS) is 13.2. The maximum atomic E-state index is 12.7. The molecule has 0 unspecified atom stereocenters. The van der Waals surface area contributed by atoms with Gasteiger partial charge < -0.3 is 29.9 Å². The minimum absolute atomic E-state index is 0.0805. The topological polar surface area (TPSA) is 129 Å². The number of benzene rings is 3. The molecule has 1 heterocycles. The van der Waals surface area contributed by atoms with Crippen LogP contribution in [0.25, 0.3) is 10.8 Å². The van der Waals surface area contributed by atoms with Crippen LogP contribution in [0.4, 0.5) is 5.69 Å². The number of methoxy groups -OCH3 is 2. The van der Waals surface area contributed by atoms with Gasteiger partial charge in [-0.05, 0) is 43.0 Å². The average Bonchev–Trinajstić information content (AvgIpc) is 2.96. The molecule has 208 valence electrons. The number of aliphatic carboxylic acids is 2. The average molecular weight is 538 g/mol. The van der Waals surface area contributed by atoms with Gasteiger partial charge in [-0.1, -0.05) is 42.5 Å². The Morgan fingerprint density at radius 2 is 1.49 bits per heavy atom. The number of carboxylic acid groups (broad SMARTS) is 2. The Morgan fingerprint density at radius 3 is 2.15 bits per heavy atom. The number of rotatable bonds is 9. The molecule has 39 heavy (non-hydrogen) atoms. The van der Waals surface area contributed by atoms with E-state index in [1.165, 1.54) is 5.69 Å². The number of carbonyl (C=O) groups excluding carboxylic acids is 1. The van der Waals surface area contributed by atoms with Crippen molar-refractivity contribution in [3.05, 3.63) is 66.2 Å². The molecule has 0 atom stereocenters. The van der Waals surface area contributed by atoms with Crippen molar-refractivity contribution in [2.75, 3.05) is 58.4 Å². The Morgan fingerprint density at radius 1 is 0.821 bits per heavy atom. The number of carbonyl (C=O) groups is 3. The fourth-order valence-electron chi connectivity index (χ4n) is 4.50. The standard InChI is InChI=1S/C27H33N3O3.C2H2O4/c1-32-25-12-6-5-11-24(25)30-19-17-29(18-20-30)16-8-7-15-28-27(31)23-14-13-21-9-3-4-10-22(21)26(23)33-2;3-1(4)2(5)6/h3-6,9-14H,7-8,15-20H2,1-2H3,(H,28,31);(H,3,4)(H,5,6). The number of para-hydroxylation sites is 2. The van der Waals surface area contributed by atoms with Crippen LogP contribution >= 0.6 is 0 Å². The molecule has 3 aromatic carbocycles. The van der Waals surface area contributed by atoms with Gasteiger partial charge in [-0.2, -0.15) is 0 Å². The molecule has 1 aliphatic heterocycles. The van der Waals surface area contributed by atoms with Crippen molar-refractivity contribution < 1.29 is 34.1 Å². The number of nitrogens with one attached hydrogen (secondary N) is 1. The second-order valence-electron chi connectivity index (χ2n) is 8.94. The molecule has 10 heteroatoms. The molecule has 3 aromatic rings. The summed E-state index contributed by atoms with van der Waals surface area (Å²) in [5.74, 6) is -2.16. The van der Waals surface area contributed by atoms with Crippen molar-refractivity contribution in [3.8, 4) is 11.5 Å². The highest BCUT2D eigenvalue weighted by Gasteiger charge is 2.19. The van der Waals surface area contributed by atoms with Gasteiger partial charge in [-0.3, -0.25) is 9.69 Å². The maximum Gasteiger partial charge on any atom is 0.414 e. The number of anilines is 1. The molecule has 0 saturated carbocycles. The summed E-state index contributed by atoms with van der Waals surface area (Å²) < 4.78 is 11.1. The number of unbranched alkanes of at least 4 members (excludes halogenated alkanes) is 1. The zero-order valence-electron chi connectivity index (χ0n) is 22.3.